The van der Waals surface area contributed by atoms with E-state index >= 15 is 0 Å². The molecule has 192 valence electrons. The maximum absolute atomic E-state index is 11.5. The lowest BCUT2D eigenvalue weighted by atomic mass is 10.0. The van der Waals surface area contributed by atoms with Gasteiger partial charge in [0.25, 0.3) is 0 Å². The molecule has 0 heterocycles. The molecule has 2 N–H and O–H groups in total. The molecule has 0 bridgehead atoms. The Morgan fingerprint density at radius 3 is 2.25 bits per heavy atom. The number of nitrogens with zero attached hydrogens (tertiary/aromatic N) is 1. The van der Waals surface area contributed by atoms with Gasteiger partial charge in [0.1, 0.15) is 24.0 Å². The van der Waals surface area contributed by atoms with E-state index in [-0.39, 0.29) is 23.5 Å². The highest BCUT2D eigenvalue weighted by molar-refractivity contribution is 5.95. The highest BCUT2D eigenvalue weighted by atomic mass is 16.5. The number of nitriles is 1. The fourth-order valence-electron chi connectivity index (χ4n) is 2.73. The van der Waals surface area contributed by atoms with Crippen LogP contribution in [0.25, 0.3) is 5.57 Å². The summed E-state index contributed by atoms with van der Waals surface area (Å²) in [5.41, 5.74) is 1.67. The number of hydrogen-bond donors (Lipinski definition) is 2. The first-order valence-electron chi connectivity index (χ1n) is 12.3. The summed E-state index contributed by atoms with van der Waals surface area (Å²) in [7, 11) is 0. The summed E-state index contributed by atoms with van der Waals surface area (Å²) in [4.78, 5) is 11.5. The average Bonchev–Trinajstić information content (AvgIpc) is 3.80. The van der Waals surface area contributed by atoms with E-state index in [1.165, 1.54) is 38.3 Å². The molecule has 3 rings (SSSR count). The molecule has 0 unspecified atom stereocenters. The van der Waals surface area contributed by atoms with Crippen LogP contribution in [-0.2, 0) is 11.4 Å². The van der Waals surface area contributed by atoms with Gasteiger partial charge in [-0.3, -0.25) is 0 Å². The van der Waals surface area contributed by atoms with Gasteiger partial charge in [0, 0.05) is 0 Å². The summed E-state index contributed by atoms with van der Waals surface area (Å²) in [5.74, 6) is -0.981. The van der Waals surface area contributed by atoms with Crippen LogP contribution in [0.1, 0.15) is 70.1 Å². The molecule has 1 fully saturated rings. The van der Waals surface area contributed by atoms with E-state index in [1.807, 2.05) is 51.1 Å². The highest BCUT2D eigenvalue weighted by Crippen LogP contribution is 2.36. The molecule has 0 aliphatic heterocycles. The first kappa shape index (κ1) is 30.1. The smallest absolute Gasteiger partial charge is 0.339 e. The Labute approximate surface area is 214 Å². The lowest BCUT2D eigenvalue weighted by Gasteiger charge is -2.16. The zero-order valence-electron chi connectivity index (χ0n) is 21.7. The van der Waals surface area contributed by atoms with Crippen molar-refractivity contribution in [3.05, 3.63) is 89.2 Å². The van der Waals surface area contributed by atoms with Crippen LogP contribution in [0, 0.1) is 11.3 Å². The Bertz CT molecular complexity index is 1090. The van der Waals surface area contributed by atoms with Gasteiger partial charge >= 0.3 is 5.97 Å². The zero-order chi connectivity index (χ0) is 26.9. The van der Waals surface area contributed by atoms with E-state index in [4.69, 9.17) is 9.47 Å². The highest BCUT2D eigenvalue weighted by Gasteiger charge is 2.17. The van der Waals surface area contributed by atoms with E-state index in [1.54, 1.807) is 12.1 Å². The third-order valence-corrected chi connectivity index (χ3v) is 4.69. The number of allylic oxidation sites excluding steroid dienone is 3. The molecule has 1 saturated carbocycles. The summed E-state index contributed by atoms with van der Waals surface area (Å²) in [5, 5.41) is 28.9. The van der Waals surface area contributed by atoms with Gasteiger partial charge in [0.2, 0.25) is 0 Å². The van der Waals surface area contributed by atoms with Crippen molar-refractivity contribution in [2.75, 3.05) is 6.61 Å². The lowest BCUT2D eigenvalue weighted by Crippen LogP contribution is -2.05. The minimum absolute atomic E-state index is 0.237. The number of carboxylic acid groups (broad SMARTS) is 1. The fraction of sp³-hybridized carbons (Fsp3) is 0.333. The molecule has 6 heteroatoms. The van der Waals surface area contributed by atoms with Gasteiger partial charge < -0.3 is 19.7 Å². The van der Waals surface area contributed by atoms with E-state index in [9.17, 15) is 20.3 Å². The number of ether oxygens (including phenoxy) is 2. The largest absolute Gasteiger partial charge is 0.507 e. The summed E-state index contributed by atoms with van der Waals surface area (Å²) < 4.78 is 11.7. The Hall–Kier alpha value is -3.98. The molecule has 36 heavy (non-hydrogen) atoms. The van der Waals surface area contributed by atoms with Crippen molar-refractivity contribution in [1.82, 2.24) is 0 Å². The van der Waals surface area contributed by atoms with Crippen molar-refractivity contribution in [3.63, 3.8) is 0 Å². The van der Waals surface area contributed by atoms with Gasteiger partial charge in [-0.15, -0.1) is 0 Å². The molecular weight excluding hydrogens is 454 g/mol. The van der Waals surface area contributed by atoms with Crippen LogP contribution in [0.15, 0.2) is 72.5 Å². The van der Waals surface area contributed by atoms with Gasteiger partial charge in [-0.2, -0.15) is 5.26 Å². The first-order valence-corrected chi connectivity index (χ1v) is 12.3. The third kappa shape index (κ3) is 10.1. The predicted molar refractivity (Wildman–Crippen MR) is 144 cm³/mol. The number of benzene rings is 2. The second-order valence-corrected chi connectivity index (χ2v) is 7.71. The molecule has 0 spiro atoms. The van der Waals surface area contributed by atoms with Crippen LogP contribution in [0.5, 0.6) is 11.5 Å². The number of carboxylic acids is 1. The SMILES string of the molecule is C1CC1.C=C(/C=C(C(=O)O)\C(O)=C/C)c1cc(C#N)c(OCc2ccccc2)c(OCCC)c1.CC. The van der Waals surface area contributed by atoms with Gasteiger partial charge in [-0.1, -0.05) is 76.9 Å². The van der Waals surface area contributed by atoms with Gasteiger partial charge in [0.05, 0.1) is 12.2 Å². The second kappa shape index (κ2) is 16.6. The number of aliphatic hydroxyl groups excluding tert-OH is 1. The quantitative estimate of drug-likeness (QED) is 0.202. The monoisotopic (exact) mass is 491 g/mol. The summed E-state index contributed by atoms with van der Waals surface area (Å²) in [6.45, 7) is 12.1. The Morgan fingerprint density at radius 1 is 1.11 bits per heavy atom. The summed E-state index contributed by atoms with van der Waals surface area (Å²) >= 11 is 0. The Kier molecular flexibility index (Phi) is 13.9. The van der Waals surface area contributed by atoms with Crippen LogP contribution in [0.3, 0.4) is 0 Å². The van der Waals surface area contributed by atoms with Crippen LogP contribution in [-0.4, -0.2) is 22.8 Å². The predicted octanol–water partition coefficient (Wildman–Crippen LogP) is 7.61. The van der Waals surface area contributed by atoms with Crippen molar-refractivity contribution in [1.29, 1.82) is 5.26 Å². The van der Waals surface area contributed by atoms with Crippen molar-refractivity contribution in [3.8, 4) is 17.6 Å². The van der Waals surface area contributed by atoms with Crippen molar-refractivity contribution >= 4 is 11.5 Å². The van der Waals surface area contributed by atoms with E-state index in [0.29, 0.717) is 29.2 Å². The molecule has 0 amide bonds. The van der Waals surface area contributed by atoms with Gasteiger partial charge in [-0.05, 0) is 54.3 Å². The minimum Gasteiger partial charge on any atom is -0.507 e. The molecular formula is C30H37NO5. The van der Waals surface area contributed by atoms with E-state index in [2.05, 4.69) is 12.6 Å². The van der Waals surface area contributed by atoms with E-state index in [0.717, 1.165) is 12.0 Å². The normalized spacial score (nSPS) is 12.1. The third-order valence-electron chi connectivity index (χ3n) is 4.69. The molecule has 6 nitrogen and oxygen atoms in total. The van der Waals surface area contributed by atoms with E-state index < -0.39 is 5.97 Å². The summed E-state index contributed by atoms with van der Waals surface area (Å²) in [6, 6.07) is 14.9. The average molecular weight is 492 g/mol. The molecule has 1 aliphatic carbocycles. The lowest BCUT2D eigenvalue weighted by molar-refractivity contribution is -0.132. The van der Waals surface area contributed by atoms with Crippen molar-refractivity contribution in [2.45, 2.75) is 60.0 Å². The first-order chi connectivity index (χ1) is 17.4. The van der Waals surface area contributed by atoms with Crippen LogP contribution in [0.2, 0.25) is 0 Å². The maximum Gasteiger partial charge on any atom is 0.339 e. The number of aliphatic hydroxyl groups is 1. The van der Waals surface area contributed by atoms with Gasteiger partial charge in [-0.25, -0.2) is 4.79 Å². The molecule has 0 atom stereocenters. The van der Waals surface area contributed by atoms with Gasteiger partial charge in [0.15, 0.2) is 11.5 Å². The van der Waals surface area contributed by atoms with Crippen LogP contribution < -0.4 is 9.47 Å². The number of aliphatic carboxylic acids is 1. The summed E-state index contributed by atoms with van der Waals surface area (Å²) in [6.07, 6.45) is 7.79. The standard InChI is InChI=1S/C25H25NO5.C3H6.C2H6/c1-4-11-30-23-14-19(17(3)12-21(25(28)29)22(27)5-2)13-20(15-26)24(23)31-16-18-9-7-6-8-10-18;1-2-3-1;1-2/h5-10,12-14,27H,3-4,11,16H2,1-2H3,(H,28,29);1-3H2;1-2H3/b21-12+,22-5+;;. The zero-order valence-corrected chi connectivity index (χ0v) is 21.7. The minimum atomic E-state index is -1.29. The molecule has 0 radical (unpaired) electrons. The number of carbonyl (C=O) groups is 1. The molecule has 0 aromatic heterocycles. The van der Waals surface area contributed by atoms with Crippen LogP contribution in [0.4, 0.5) is 0 Å². The van der Waals surface area contributed by atoms with Crippen molar-refractivity contribution in [2.24, 2.45) is 0 Å². The number of rotatable bonds is 10. The molecule has 2 aromatic carbocycles. The molecule has 2 aromatic rings. The second-order valence-electron chi connectivity index (χ2n) is 7.71. The van der Waals surface area contributed by atoms with Crippen LogP contribution >= 0.6 is 0 Å². The number of hydrogen-bond acceptors (Lipinski definition) is 5. The Morgan fingerprint density at radius 2 is 1.75 bits per heavy atom. The topological polar surface area (TPSA) is 99.8 Å². The van der Waals surface area contributed by atoms with Crippen molar-refractivity contribution < 1.29 is 24.5 Å². The fourth-order valence-corrected chi connectivity index (χ4v) is 2.73. The Balaban J connectivity index is 0.00000117. The molecule has 0 saturated heterocycles. The maximum atomic E-state index is 11.5. The molecule has 1 aliphatic rings.